The van der Waals surface area contributed by atoms with Crippen molar-refractivity contribution in [1.82, 2.24) is 15.1 Å². The van der Waals surface area contributed by atoms with Gasteiger partial charge in [-0.2, -0.15) is 0 Å². The summed E-state index contributed by atoms with van der Waals surface area (Å²) in [5.74, 6) is -0.815. The molecule has 0 aliphatic carbocycles. The number of hydrogen-bond donors (Lipinski definition) is 1. The molecule has 1 fully saturated rings. The molecule has 1 N–H and O–H groups in total. The van der Waals surface area contributed by atoms with Crippen LogP contribution in [0.2, 0.25) is 0 Å². The van der Waals surface area contributed by atoms with Crippen LogP contribution in [0.1, 0.15) is 47.8 Å². The summed E-state index contributed by atoms with van der Waals surface area (Å²) in [5, 5.41) is 3.02. The van der Waals surface area contributed by atoms with Gasteiger partial charge >= 0.3 is 0 Å². The first-order valence-corrected chi connectivity index (χ1v) is 11.8. The summed E-state index contributed by atoms with van der Waals surface area (Å²) in [4.78, 5) is 41.9. The lowest BCUT2D eigenvalue weighted by Crippen LogP contribution is -2.36. The first kappa shape index (κ1) is 23.0. The van der Waals surface area contributed by atoms with E-state index in [2.05, 4.69) is 16.3 Å². The molecule has 3 aromatic rings. The molecule has 178 valence electrons. The van der Waals surface area contributed by atoms with Gasteiger partial charge < -0.3 is 10.1 Å². The van der Waals surface area contributed by atoms with Crippen molar-refractivity contribution >= 4 is 17.7 Å². The van der Waals surface area contributed by atoms with E-state index in [0.717, 1.165) is 44.0 Å². The van der Waals surface area contributed by atoms with Gasteiger partial charge in [0.15, 0.2) is 0 Å². The Morgan fingerprint density at radius 1 is 0.800 bits per heavy atom. The lowest BCUT2D eigenvalue weighted by atomic mass is 10.1. The summed E-state index contributed by atoms with van der Waals surface area (Å²) in [6, 6.07) is 22.0. The van der Waals surface area contributed by atoms with E-state index >= 15 is 0 Å². The third-order valence-corrected chi connectivity index (χ3v) is 6.46. The summed E-state index contributed by atoms with van der Waals surface area (Å²) < 4.78 is 5.44. The van der Waals surface area contributed by atoms with Crippen LogP contribution in [-0.4, -0.2) is 53.8 Å². The fourth-order valence-electron chi connectivity index (χ4n) is 4.54. The molecule has 2 aliphatic heterocycles. The Hall–Kier alpha value is -3.81. The Labute approximate surface area is 204 Å². The number of morpholine rings is 1. The van der Waals surface area contributed by atoms with Crippen molar-refractivity contribution in [2.45, 2.75) is 19.6 Å². The first-order chi connectivity index (χ1) is 17.1. The van der Waals surface area contributed by atoms with E-state index in [4.69, 9.17) is 4.74 Å². The molecule has 3 aromatic carbocycles. The second-order valence-corrected chi connectivity index (χ2v) is 8.78. The smallest absolute Gasteiger partial charge is 0.261 e. The van der Waals surface area contributed by atoms with E-state index < -0.39 is 0 Å². The van der Waals surface area contributed by atoms with Crippen LogP contribution in [-0.2, 0) is 24.4 Å². The molecule has 7 nitrogen and oxygen atoms in total. The molecule has 0 radical (unpaired) electrons. The molecule has 1 saturated heterocycles. The van der Waals surface area contributed by atoms with Gasteiger partial charge in [0.05, 0.1) is 30.9 Å². The molecule has 3 amide bonds. The molecule has 0 aromatic heterocycles. The van der Waals surface area contributed by atoms with Gasteiger partial charge in [-0.3, -0.25) is 24.2 Å². The number of imide groups is 1. The van der Waals surface area contributed by atoms with Gasteiger partial charge in [0.1, 0.15) is 0 Å². The molecule has 0 unspecified atom stereocenters. The highest BCUT2D eigenvalue weighted by atomic mass is 16.5. The average Bonchev–Trinajstić information content (AvgIpc) is 3.14. The third-order valence-electron chi connectivity index (χ3n) is 6.46. The molecule has 0 bridgehead atoms. The van der Waals surface area contributed by atoms with Crippen LogP contribution in [0.25, 0.3) is 0 Å². The van der Waals surface area contributed by atoms with E-state index in [0.29, 0.717) is 23.2 Å². The van der Waals surface area contributed by atoms with Gasteiger partial charge in [-0.05, 0) is 41.0 Å². The number of rotatable bonds is 7. The Morgan fingerprint density at radius 2 is 1.46 bits per heavy atom. The maximum Gasteiger partial charge on any atom is 0.261 e. The summed E-state index contributed by atoms with van der Waals surface area (Å²) in [6.07, 6.45) is 0. The van der Waals surface area contributed by atoms with Crippen molar-refractivity contribution in [2.75, 3.05) is 26.3 Å². The van der Waals surface area contributed by atoms with E-state index in [-0.39, 0.29) is 24.3 Å². The van der Waals surface area contributed by atoms with Crippen molar-refractivity contribution in [1.29, 1.82) is 0 Å². The summed E-state index contributed by atoms with van der Waals surface area (Å²) in [7, 11) is 0. The molecule has 0 atom stereocenters. The minimum absolute atomic E-state index is 0.121. The van der Waals surface area contributed by atoms with Crippen molar-refractivity contribution in [3.05, 3.63) is 106 Å². The zero-order chi connectivity index (χ0) is 24.2. The van der Waals surface area contributed by atoms with Crippen molar-refractivity contribution < 1.29 is 19.1 Å². The van der Waals surface area contributed by atoms with Crippen molar-refractivity contribution in [2.24, 2.45) is 0 Å². The number of hydrogen-bond acceptors (Lipinski definition) is 5. The molecule has 0 spiro atoms. The van der Waals surface area contributed by atoms with Crippen LogP contribution in [0.3, 0.4) is 0 Å². The molecule has 0 saturated carbocycles. The van der Waals surface area contributed by atoms with Gasteiger partial charge in [-0.1, -0.05) is 48.5 Å². The van der Waals surface area contributed by atoms with Gasteiger partial charge in [0, 0.05) is 31.7 Å². The number of fused-ring (bicyclic) bond motifs is 1. The Kier molecular flexibility index (Phi) is 6.70. The molecule has 5 rings (SSSR count). The molecular weight excluding hydrogens is 442 g/mol. The predicted molar refractivity (Wildman–Crippen MR) is 131 cm³/mol. The van der Waals surface area contributed by atoms with E-state index in [1.165, 1.54) is 10.5 Å². The fraction of sp³-hybridized carbons (Fsp3) is 0.250. The number of carbonyl (C=O) groups is 3. The highest BCUT2D eigenvalue weighted by molar-refractivity contribution is 6.21. The number of amides is 3. The molecule has 2 aliphatic rings. The second kappa shape index (κ2) is 10.2. The zero-order valence-corrected chi connectivity index (χ0v) is 19.4. The minimum Gasteiger partial charge on any atom is -0.379 e. The number of benzene rings is 3. The van der Waals surface area contributed by atoms with Gasteiger partial charge in [-0.15, -0.1) is 0 Å². The van der Waals surface area contributed by atoms with Crippen LogP contribution < -0.4 is 5.32 Å². The lowest BCUT2D eigenvalue weighted by Gasteiger charge is -2.27. The predicted octanol–water partition coefficient (Wildman–Crippen LogP) is 3.25. The van der Waals surface area contributed by atoms with Crippen LogP contribution in [0.15, 0.2) is 72.8 Å². The lowest BCUT2D eigenvalue weighted by molar-refractivity contribution is 0.0340. The fourth-order valence-corrected chi connectivity index (χ4v) is 4.54. The molecule has 2 heterocycles. The quantitative estimate of drug-likeness (QED) is 0.538. The number of ether oxygens (including phenoxy) is 1. The largest absolute Gasteiger partial charge is 0.379 e. The van der Waals surface area contributed by atoms with Gasteiger partial charge in [0.25, 0.3) is 17.7 Å². The van der Waals surface area contributed by atoms with Crippen LogP contribution in [0.5, 0.6) is 0 Å². The van der Waals surface area contributed by atoms with Crippen molar-refractivity contribution in [3.63, 3.8) is 0 Å². The maximum atomic E-state index is 12.9. The minimum atomic E-state index is -0.308. The Balaban J connectivity index is 1.23. The van der Waals surface area contributed by atoms with Crippen LogP contribution >= 0.6 is 0 Å². The standard InChI is InChI=1S/C28H27N3O4/c32-26(29-17-22-7-1-2-8-23(22)19-30-12-14-35-15-13-30)21-9-5-6-20(16-21)18-31-27(33)24-10-3-4-11-25(24)28(31)34/h1-11,16H,12-15,17-19H2,(H,29,32). The third kappa shape index (κ3) is 5.01. The Morgan fingerprint density at radius 3 is 2.17 bits per heavy atom. The van der Waals surface area contributed by atoms with Crippen molar-refractivity contribution in [3.8, 4) is 0 Å². The Bertz CT molecular complexity index is 1230. The van der Waals surface area contributed by atoms with Crippen LogP contribution in [0, 0.1) is 0 Å². The number of nitrogens with zero attached hydrogens (tertiary/aromatic N) is 2. The molecular formula is C28H27N3O4. The summed E-state index contributed by atoms with van der Waals surface area (Å²) in [5.41, 5.74) is 4.32. The summed E-state index contributed by atoms with van der Waals surface area (Å²) >= 11 is 0. The van der Waals surface area contributed by atoms with E-state index in [9.17, 15) is 14.4 Å². The molecule has 7 heteroatoms. The van der Waals surface area contributed by atoms with Gasteiger partial charge in [0.2, 0.25) is 0 Å². The van der Waals surface area contributed by atoms with E-state index in [1.807, 2.05) is 24.3 Å². The average molecular weight is 470 g/mol. The molecule has 35 heavy (non-hydrogen) atoms. The zero-order valence-electron chi connectivity index (χ0n) is 19.4. The number of nitrogens with one attached hydrogen (secondary N) is 1. The first-order valence-electron chi connectivity index (χ1n) is 11.8. The monoisotopic (exact) mass is 469 g/mol. The number of carbonyl (C=O) groups excluding carboxylic acids is 3. The SMILES string of the molecule is O=C(NCc1ccccc1CN1CCOCC1)c1cccc(CN2C(=O)c3ccccc3C2=O)c1. The summed E-state index contributed by atoms with van der Waals surface area (Å²) in [6.45, 7) is 4.66. The van der Waals surface area contributed by atoms with Gasteiger partial charge in [-0.25, -0.2) is 0 Å². The maximum absolute atomic E-state index is 12.9. The topological polar surface area (TPSA) is 79.0 Å². The van der Waals surface area contributed by atoms with Crippen LogP contribution in [0.4, 0.5) is 0 Å². The normalized spacial score (nSPS) is 15.8. The highest BCUT2D eigenvalue weighted by Gasteiger charge is 2.35. The highest BCUT2D eigenvalue weighted by Crippen LogP contribution is 2.24. The van der Waals surface area contributed by atoms with E-state index in [1.54, 1.807) is 42.5 Å². The second-order valence-electron chi connectivity index (χ2n) is 8.78.